The minimum absolute atomic E-state index is 0.288. The number of aliphatic hydroxyl groups excluding tert-OH is 1. The summed E-state index contributed by atoms with van der Waals surface area (Å²) >= 11 is 12.7. The molecule has 1 N–H and O–H groups in total. The van der Waals surface area contributed by atoms with Crippen molar-refractivity contribution in [1.82, 2.24) is 19.4 Å². The van der Waals surface area contributed by atoms with Crippen LogP contribution < -0.4 is 4.74 Å². The van der Waals surface area contributed by atoms with E-state index in [0.717, 1.165) is 55.2 Å². The van der Waals surface area contributed by atoms with Crippen LogP contribution in [0.2, 0.25) is 10.0 Å². The van der Waals surface area contributed by atoms with Crippen LogP contribution in [0.1, 0.15) is 29.2 Å². The Kier molecular flexibility index (Phi) is 8.83. The Hall–Kier alpha value is -2.17. The minimum Gasteiger partial charge on any atom is -0.490 e. The van der Waals surface area contributed by atoms with Gasteiger partial charge in [0.25, 0.3) is 0 Å². The smallest absolute Gasteiger partial charge is 0.215 e. The van der Waals surface area contributed by atoms with Gasteiger partial charge in [0.05, 0.1) is 24.5 Å². The number of rotatable bonds is 9. The predicted octanol–water partition coefficient (Wildman–Crippen LogP) is 4.61. The molecule has 2 aromatic carbocycles. The van der Waals surface area contributed by atoms with Gasteiger partial charge in [-0.3, -0.25) is 9.80 Å². The number of piperazine rings is 1. The molecule has 2 aliphatic heterocycles. The van der Waals surface area contributed by atoms with Gasteiger partial charge in [-0.2, -0.15) is 0 Å². The van der Waals surface area contributed by atoms with Gasteiger partial charge in [-0.1, -0.05) is 41.4 Å². The second-order valence-electron chi connectivity index (χ2n) is 10.5. The summed E-state index contributed by atoms with van der Waals surface area (Å²) in [7, 11) is 0. The van der Waals surface area contributed by atoms with Gasteiger partial charge in [-0.25, -0.2) is 4.98 Å². The van der Waals surface area contributed by atoms with Gasteiger partial charge in [0, 0.05) is 55.7 Å². The molecule has 2 saturated heterocycles. The summed E-state index contributed by atoms with van der Waals surface area (Å²) in [6.07, 6.45) is 4.63. The first-order chi connectivity index (χ1) is 18.7. The van der Waals surface area contributed by atoms with E-state index in [0.29, 0.717) is 29.8 Å². The number of aromatic nitrogens is 2. The summed E-state index contributed by atoms with van der Waals surface area (Å²) in [4.78, 5) is 8.68. The molecule has 0 radical (unpaired) electrons. The third kappa shape index (κ3) is 6.60. The fourth-order valence-corrected chi connectivity index (χ4v) is 6.02. The normalized spacial score (nSPS) is 23.3. The largest absolute Gasteiger partial charge is 0.490 e. The molecule has 0 aliphatic carbocycles. The highest BCUT2D eigenvalue weighted by molar-refractivity contribution is 6.35. The average molecular weight is 576 g/mol. The van der Waals surface area contributed by atoms with Crippen LogP contribution in [0.25, 0.3) is 0 Å². The van der Waals surface area contributed by atoms with Gasteiger partial charge in [0.15, 0.2) is 0 Å². The third-order valence-corrected chi connectivity index (χ3v) is 7.97. The maximum Gasteiger partial charge on any atom is 0.215 e. The van der Waals surface area contributed by atoms with E-state index in [2.05, 4.69) is 40.8 Å². The van der Waals surface area contributed by atoms with Crippen LogP contribution in [0.4, 0.5) is 0 Å². The van der Waals surface area contributed by atoms with Crippen molar-refractivity contribution in [2.75, 3.05) is 39.4 Å². The molecule has 8 nitrogen and oxygen atoms in total. The van der Waals surface area contributed by atoms with Gasteiger partial charge in [0.2, 0.25) is 5.79 Å². The summed E-state index contributed by atoms with van der Waals surface area (Å²) in [6.45, 7) is 11.6. The maximum atomic E-state index is 9.81. The SMILES string of the molecule is Cc1cc(CN2CCN(C(C)O)CC2)cc(C)c1OCC1COC(Cn2ccnc2)(c2ccc(Cl)cc2Cl)O1. The van der Waals surface area contributed by atoms with E-state index >= 15 is 0 Å². The van der Waals surface area contributed by atoms with Crippen molar-refractivity contribution < 1.29 is 19.3 Å². The van der Waals surface area contributed by atoms with Crippen molar-refractivity contribution in [1.29, 1.82) is 0 Å². The van der Waals surface area contributed by atoms with Gasteiger partial charge in [-0.05, 0) is 49.6 Å². The Bertz CT molecular complexity index is 1240. The van der Waals surface area contributed by atoms with Crippen molar-refractivity contribution >= 4 is 23.2 Å². The van der Waals surface area contributed by atoms with Crippen LogP contribution in [0.5, 0.6) is 5.75 Å². The van der Waals surface area contributed by atoms with E-state index in [-0.39, 0.29) is 12.3 Å². The molecule has 5 rings (SSSR count). The number of aryl methyl sites for hydroxylation is 2. The zero-order valence-corrected chi connectivity index (χ0v) is 24.2. The van der Waals surface area contributed by atoms with Crippen molar-refractivity contribution in [2.45, 2.75) is 52.0 Å². The van der Waals surface area contributed by atoms with Crippen molar-refractivity contribution in [3.63, 3.8) is 0 Å². The Morgan fingerprint density at radius 3 is 2.51 bits per heavy atom. The van der Waals surface area contributed by atoms with E-state index < -0.39 is 5.79 Å². The molecule has 210 valence electrons. The lowest BCUT2D eigenvalue weighted by atomic mass is 10.0. The van der Waals surface area contributed by atoms with Crippen LogP contribution >= 0.6 is 23.2 Å². The van der Waals surface area contributed by atoms with E-state index in [1.54, 1.807) is 24.7 Å². The topological polar surface area (TPSA) is 72.2 Å². The second kappa shape index (κ2) is 12.1. The highest BCUT2D eigenvalue weighted by Crippen LogP contribution is 2.41. The van der Waals surface area contributed by atoms with Gasteiger partial charge >= 0.3 is 0 Å². The number of hydrogen-bond acceptors (Lipinski definition) is 7. The lowest BCUT2D eigenvalue weighted by Crippen LogP contribution is -2.49. The van der Waals surface area contributed by atoms with E-state index in [1.165, 1.54) is 5.56 Å². The lowest BCUT2D eigenvalue weighted by Gasteiger charge is -2.36. The first-order valence-electron chi connectivity index (χ1n) is 13.3. The monoisotopic (exact) mass is 574 g/mol. The average Bonchev–Trinajstić information content (AvgIpc) is 3.54. The van der Waals surface area contributed by atoms with Crippen LogP contribution in [0, 0.1) is 13.8 Å². The van der Waals surface area contributed by atoms with Crippen LogP contribution in [-0.4, -0.2) is 76.2 Å². The molecule has 2 fully saturated rings. The van der Waals surface area contributed by atoms with Gasteiger partial charge in [0.1, 0.15) is 24.7 Å². The van der Waals surface area contributed by atoms with E-state index in [9.17, 15) is 5.11 Å². The van der Waals surface area contributed by atoms with Crippen LogP contribution in [0.15, 0.2) is 49.1 Å². The lowest BCUT2D eigenvalue weighted by molar-refractivity contribution is -0.189. The zero-order chi connectivity index (χ0) is 27.6. The predicted molar refractivity (Wildman–Crippen MR) is 151 cm³/mol. The molecular formula is C29H36Cl2N4O4. The number of imidazole rings is 1. The highest BCUT2D eigenvalue weighted by Gasteiger charge is 2.45. The second-order valence-corrected chi connectivity index (χ2v) is 11.3. The van der Waals surface area contributed by atoms with Crippen LogP contribution in [-0.2, 0) is 28.4 Å². The van der Waals surface area contributed by atoms with Crippen molar-refractivity contribution in [3.8, 4) is 5.75 Å². The summed E-state index contributed by atoms with van der Waals surface area (Å²) in [5.41, 5.74) is 4.17. The molecule has 0 bridgehead atoms. The van der Waals surface area contributed by atoms with E-state index in [4.69, 9.17) is 37.4 Å². The fraction of sp³-hybridized carbons (Fsp3) is 0.483. The van der Waals surface area contributed by atoms with Gasteiger partial charge < -0.3 is 23.9 Å². The Morgan fingerprint density at radius 1 is 1.13 bits per heavy atom. The standard InChI is InChI=1S/C29H36Cl2N4O4/c1-20-12-23(15-33-8-10-35(11-9-33)22(3)36)13-21(2)28(20)37-16-25-17-38-29(39-25,18-34-7-6-32-19-34)26-5-4-24(30)14-27(26)31/h4-7,12-14,19,22,25,36H,8-11,15-18H2,1-3H3. The molecule has 39 heavy (non-hydrogen) atoms. The highest BCUT2D eigenvalue weighted by atomic mass is 35.5. The quantitative estimate of drug-likeness (QED) is 0.400. The van der Waals surface area contributed by atoms with Crippen molar-refractivity contribution in [3.05, 3.63) is 81.4 Å². The molecular weight excluding hydrogens is 539 g/mol. The minimum atomic E-state index is -1.08. The van der Waals surface area contributed by atoms with Crippen LogP contribution in [0.3, 0.4) is 0 Å². The van der Waals surface area contributed by atoms with E-state index in [1.807, 2.05) is 23.8 Å². The maximum absolute atomic E-state index is 9.81. The Morgan fingerprint density at radius 2 is 1.87 bits per heavy atom. The number of aliphatic hydroxyl groups is 1. The first kappa shape index (κ1) is 28.4. The molecule has 3 atom stereocenters. The molecule has 10 heteroatoms. The molecule has 1 aromatic heterocycles. The zero-order valence-electron chi connectivity index (χ0n) is 22.6. The molecule has 2 aliphatic rings. The number of hydrogen-bond donors (Lipinski definition) is 1. The Labute approximate surface area is 240 Å². The van der Waals surface area contributed by atoms with Gasteiger partial charge in [-0.15, -0.1) is 0 Å². The number of nitrogens with zero attached hydrogens (tertiary/aromatic N) is 4. The summed E-state index contributed by atoms with van der Waals surface area (Å²) in [6, 6.07) is 9.74. The summed E-state index contributed by atoms with van der Waals surface area (Å²) in [5.74, 6) is -0.208. The molecule has 0 saturated carbocycles. The van der Waals surface area contributed by atoms with Crippen molar-refractivity contribution in [2.24, 2.45) is 0 Å². The summed E-state index contributed by atoms with van der Waals surface area (Å²) in [5, 5.41) is 10.9. The number of benzene rings is 2. The first-order valence-corrected chi connectivity index (χ1v) is 14.1. The molecule has 0 spiro atoms. The summed E-state index contributed by atoms with van der Waals surface area (Å²) < 4.78 is 21.1. The molecule has 3 heterocycles. The Balaban J connectivity index is 1.24. The number of halogens is 2. The number of ether oxygens (including phenoxy) is 3. The fourth-order valence-electron chi connectivity index (χ4n) is 5.46. The molecule has 0 amide bonds. The molecule has 3 aromatic rings. The third-order valence-electron chi connectivity index (χ3n) is 7.43. The molecule has 3 unspecified atom stereocenters.